The number of carbonyl (C=O) groups excluding carboxylic acids is 1. The van der Waals surface area contributed by atoms with Gasteiger partial charge in [-0.15, -0.1) is 12.4 Å². The van der Waals surface area contributed by atoms with Crippen molar-refractivity contribution in [3.63, 3.8) is 0 Å². The Labute approximate surface area is 198 Å². The van der Waals surface area contributed by atoms with Crippen molar-refractivity contribution < 1.29 is 18.3 Å². The number of hydrogen-bond acceptors (Lipinski definition) is 3. The zero-order chi connectivity index (χ0) is 22.7. The summed E-state index contributed by atoms with van der Waals surface area (Å²) >= 11 is 0. The second kappa shape index (κ2) is 11.0. The molecule has 8 heteroatoms. The Morgan fingerprint density at radius 2 is 2.03 bits per heavy atom. The van der Waals surface area contributed by atoms with Crippen LogP contribution in [0.3, 0.4) is 0 Å². The molecule has 33 heavy (non-hydrogen) atoms. The first-order valence-electron chi connectivity index (χ1n) is 11.2. The molecule has 1 amide bonds. The lowest BCUT2D eigenvalue weighted by atomic mass is 9.97. The quantitative estimate of drug-likeness (QED) is 0.426. The number of nitrogens with zero attached hydrogens (tertiary/aromatic N) is 1. The molecule has 3 N–H and O–H groups in total. The number of rotatable bonds is 9. The molecule has 1 atom stereocenters. The minimum atomic E-state index is -0.609. The molecule has 0 saturated carbocycles. The largest absolute Gasteiger partial charge is 0.491 e. The van der Waals surface area contributed by atoms with Gasteiger partial charge in [0.2, 0.25) is 0 Å². The number of aryl methyl sites for hydroxylation is 1. The third-order valence-electron chi connectivity index (χ3n) is 6.23. The highest BCUT2D eigenvalue weighted by atomic mass is 35.5. The third kappa shape index (κ3) is 5.47. The molecule has 3 aromatic rings. The number of hydrogen-bond donors (Lipinski definition) is 2. The second-order valence-electron chi connectivity index (χ2n) is 8.43. The van der Waals surface area contributed by atoms with Crippen molar-refractivity contribution in [2.75, 3.05) is 19.7 Å². The summed E-state index contributed by atoms with van der Waals surface area (Å²) in [4.78, 5) is 17.2. The number of nitrogens with two attached hydrogens (primary N) is 1. The van der Waals surface area contributed by atoms with Gasteiger partial charge < -0.3 is 15.5 Å². The van der Waals surface area contributed by atoms with Crippen LogP contribution in [0.15, 0.2) is 36.5 Å². The molecule has 1 aromatic heterocycles. The number of amides is 1. The Bertz CT molecular complexity index is 1120. The van der Waals surface area contributed by atoms with Crippen LogP contribution in [0.1, 0.15) is 47.7 Å². The van der Waals surface area contributed by atoms with Crippen LogP contribution in [-0.4, -0.2) is 41.5 Å². The number of nitrogens with one attached hydrogen (secondary N) is 1. The number of ether oxygens (including phenoxy) is 1. The molecule has 0 aliphatic carbocycles. The fraction of sp³-hybridized carbons (Fsp3) is 0.400. The first-order valence-corrected chi connectivity index (χ1v) is 11.2. The predicted molar refractivity (Wildman–Crippen MR) is 128 cm³/mol. The molecule has 0 saturated heterocycles. The molecule has 2 heterocycles. The molecular weight excluding hydrogens is 448 g/mol. The van der Waals surface area contributed by atoms with Gasteiger partial charge in [0.1, 0.15) is 24.0 Å². The smallest absolute Gasteiger partial charge is 0.252 e. The third-order valence-corrected chi connectivity index (χ3v) is 6.23. The van der Waals surface area contributed by atoms with Crippen LogP contribution in [0.2, 0.25) is 0 Å². The number of carbonyl (C=O) groups is 1. The maximum absolute atomic E-state index is 14.5. The van der Waals surface area contributed by atoms with Crippen LogP contribution >= 0.6 is 12.4 Å². The Balaban J connectivity index is 0.00000306. The normalized spacial score (nSPS) is 15.2. The van der Waals surface area contributed by atoms with Crippen LogP contribution in [0.4, 0.5) is 8.78 Å². The van der Waals surface area contributed by atoms with Crippen molar-refractivity contribution in [1.29, 1.82) is 0 Å². The van der Waals surface area contributed by atoms with E-state index in [0.29, 0.717) is 18.6 Å². The summed E-state index contributed by atoms with van der Waals surface area (Å²) in [7, 11) is 0. The van der Waals surface area contributed by atoms with Crippen molar-refractivity contribution in [3.8, 4) is 5.75 Å². The van der Waals surface area contributed by atoms with Crippen LogP contribution in [0, 0.1) is 11.6 Å². The van der Waals surface area contributed by atoms with Gasteiger partial charge in [-0.25, -0.2) is 8.78 Å². The van der Waals surface area contributed by atoms with E-state index < -0.39 is 5.91 Å². The second-order valence-corrected chi connectivity index (χ2v) is 8.43. The van der Waals surface area contributed by atoms with E-state index in [0.717, 1.165) is 55.2 Å². The highest BCUT2D eigenvalue weighted by molar-refractivity contribution is 5.96. The van der Waals surface area contributed by atoms with Crippen LogP contribution in [0.25, 0.3) is 10.9 Å². The fourth-order valence-corrected chi connectivity index (χ4v) is 4.61. The van der Waals surface area contributed by atoms with Crippen LogP contribution in [0.5, 0.6) is 5.75 Å². The summed E-state index contributed by atoms with van der Waals surface area (Å²) in [5, 5.41) is 0.938. The van der Waals surface area contributed by atoms with Crippen molar-refractivity contribution in [2.24, 2.45) is 5.73 Å². The number of benzene rings is 2. The Morgan fingerprint density at radius 1 is 1.21 bits per heavy atom. The fourth-order valence-electron chi connectivity index (χ4n) is 4.61. The standard InChI is InChI=1S/C25H29F2N3O2.ClH/c1-2-10-30(11-4-3-5-16-14-29-23-9-6-17(26)12-20(16)23)18-13-21-22(27)8-7-19(25(28)31)24(21)32-15-18;/h6-9,12,14,18,29H,2-5,10-11,13,15H2,1H3,(H2,28,31);1H. The molecule has 4 rings (SSSR count). The molecule has 1 aliphatic rings. The number of fused-ring (bicyclic) bond motifs is 2. The topological polar surface area (TPSA) is 71.3 Å². The zero-order valence-corrected chi connectivity index (χ0v) is 19.5. The van der Waals surface area contributed by atoms with E-state index in [1.807, 2.05) is 6.20 Å². The summed E-state index contributed by atoms with van der Waals surface area (Å²) in [6, 6.07) is 7.53. The summed E-state index contributed by atoms with van der Waals surface area (Å²) in [6.45, 7) is 4.28. The predicted octanol–water partition coefficient (Wildman–Crippen LogP) is 5.01. The van der Waals surface area contributed by atoms with Crippen molar-refractivity contribution in [3.05, 3.63) is 64.9 Å². The summed E-state index contributed by atoms with van der Waals surface area (Å²) in [5.74, 6) is -0.909. The average Bonchev–Trinajstić information content (AvgIpc) is 3.17. The van der Waals surface area contributed by atoms with Crippen molar-refractivity contribution in [1.82, 2.24) is 9.88 Å². The van der Waals surface area contributed by atoms with Crippen molar-refractivity contribution >= 4 is 29.2 Å². The van der Waals surface area contributed by atoms with Gasteiger partial charge in [-0.2, -0.15) is 0 Å². The molecular formula is C25H30ClF2N3O2. The number of H-pyrrole nitrogens is 1. The first kappa shape index (κ1) is 25.0. The summed E-state index contributed by atoms with van der Waals surface area (Å²) in [6.07, 6.45) is 6.23. The molecule has 5 nitrogen and oxygen atoms in total. The molecule has 2 aromatic carbocycles. The molecule has 0 radical (unpaired) electrons. The van der Waals surface area contributed by atoms with E-state index in [1.165, 1.54) is 18.2 Å². The van der Waals surface area contributed by atoms with E-state index in [9.17, 15) is 13.6 Å². The first-order chi connectivity index (χ1) is 15.5. The van der Waals surface area contributed by atoms with Crippen LogP contribution in [-0.2, 0) is 12.8 Å². The summed E-state index contributed by atoms with van der Waals surface area (Å²) in [5.41, 5.74) is 8.15. The Hall–Kier alpha value is -2.64. The van der Waals surface area contributed by atoms with Gasteiger partial charge >= 0.3 is 0 Å². The minimum absolute atomic E-state index is 0. The monoisotopic (exact) mass is 477 g/mol. The lowest BCUT2D eigenvalue weighted by molar-refractivity contribution is 0.0975. The van der Waals surface area contributed by atoms with Gasteiger partial charge in [-0.05, 0) is 81.1 Å². The molecule has 0 bridgehead atoms. The lowest BCUT2D eigenvalue weighted by Gasteiger charge is -2.35. The number of primary amides is 1. The van der Waals surface area contributed by atoms with Gasteiger partial charge in [0.05, 0.1) is 5.56 Å². The maximum Gasteiger partial charge on any atom is 0.252 e. The number of aromatic amines is 1. The van der Waals surface area contributed by atoms with E-state index in [2.05, 4.69) is 16.8 Å². The molecule has 0 spiro atoms. The van der Waals surface area contributed by atoms with E-state index in [4.69, 9.17) is 10.5 Å². The highest BCUT2D eigenvalue weighted by Gasteiger charge is 2.29. The highest BCUT2D eigenvalue weighted by Crippen LogP contribution is 2.32. The van der Waals surface area contributed by atoms with Gasteiger partial charge in [0, 0.05) is 28.7 Å². The minimum Gasteiger partial charge on any atom is -0.491 e. The van der Waals surface area contributed by atoms with E-state index >= 15 is 0 Å². The lowest BCUT2D eigenvalue weighted by Crippen LogP contribution is -2.44. The molecule has 1 unspecified atom stereocenters. The van der Waals surface area contributed by atoms with Gasteiger partial charge in [-0.1, -0.05) is 6.92 Å². The Kier molecular flexibility index (Phi) is 8.32. The van der Waals surface area contributed by atoms with Crippen LogP contribution < -0.4 is 10.5 Å². The van der Waals surface area contributed by atoms with E-state index in [1.54, 1.807) is 12.1 Å². The zero-order valence-electron chi connectivity index (χ0n) is 18.7. The number of aromatic nitrogens is 1. The Morgan fingerprint density at radius 3 is 2.79 bits per heavy atom. The molecule has 0 fully saturated rings. The number of unbranched alkanes of at least 4 members (excludes halogenated alkanes) is 1. The average molecular weight is 478 g/mol. The van der Waals surface area contributed by atoms with Gasteiger partial charge in [-0.3, -0.25) is 9.69 Å². The van der Waals surface area contributed by atoms with E-state index in [-0.39, 0.29) is 41.4 Å². The molecule has 1 aliphatic heterocycles. The maximum atomic E-state index is 14.5. The number of halogens is 3. The SMILES string of the molecule is CCCN(CCCCc1c[nH]c2ccc(F)cc12)C1COc2c(C(N)=O)ccc(F)c2C1.Cl. The molecule has 178 valence electrons. The summed E-state index contributed by atoms with van der Waals surface area (Å²) < 4.78 is 33.9. The van der Waals surface area contributed by atoms with Crippen molar-refractivity contribution in [2.45, 2.75) is 45.1 Å². The van der Waals surface area contributed by atoms with Gasteiger partial charge in [0.25, 0.3) is 5.91 Å². The van der Waals surface area contributed by atoms with Gasteiger partial charge in [0.15, 0.2) is 0 Å².